The molecule has 0 spiro atoms. The van der Waals surface area contributed by atoms with Crippen molar-refractivity contribution in [3.05, 3.63) is 59.7 Å². The van der Waals surface area contributed by atoms with E-state index in [4.69, 9.17) is 9.47 Å². The maximum Gasteiger partial charge on any atom is 0.251 e. The first-order valence-electron chi connectivity index (χ1n) is 10.4. The molecule has 1 heterocycles. The van der Waals surface area contributed by atoms with E-state index in [1.807, 2.05) is 38.1 Å². The normalized spacial score (nSPS) is 16.4. The Bertz CT molecular complexity index is 856. The van der Waals surface area contributed by atoms with Crippen LogP contribution in [0.2, 0.25) is 0 Å². The van der Waals surface area contributed by atoms with Gasteiger partial charge in [-0.25, -0.2) is 0 Å². The Hall–Kier alpha value is -2.86. The lowest BCUT2D eigenvalue weighted by Crippen LogP contribution is -2.44. The predicted molar refractivity (Wildman–Crippen MR) is 117 cm³/mol. The quantitative estimate of drug-likeness (QED) is 0.726. The third-order valence-corrected chi connectivity index (χ3v) is 5.82. The molecule has 2 aromatic carbocycles. The molecule has 0 aliphatic carbocycles. The van der Waals surface area contributed by atoms with Crippen molar-refractivity contribution in [2.24, 2.45) is 0 Å². The van der Waals surface area contributed by atoms with Crippen LogP contribution in [-0.4, -0.2) is 38.2 Å². The van der Waals surface area contributed by atoms with E-state index in [1.54, 1.807) is 31.4 Å². The zero-order valence-corrected chi connectivity index (χ0v) is 17.9. The molecule has 1 fully saturated rings. The highest BCUT2D eigenvalue weighted by Crippen LogP contribution is 2.37. The van der Waals surface area contributed by atoms with Gasteiger partial charge in [-0.1, -0.05) is 19.1 Å². The highest BCUT2D eigenvalue weighted by molar-refractivity contribution is 6.00. The fraction of sp³-hybridized carbons (Fsp3) is 0.417. The van der Waals surface area contributed by atoms with Gasteiger partial charge in [0.05, 0.1) is 12.5 Å². The van der Waals surface area contributed by atoms with Gasteiger partial charge in [0.25, 0.3) is 5.91 Å². The van der Waals surface area contributed by atoms with E-state index in [1.165, 1.54) is 0 Å². The molecule has 30 heavy (non-hydrogen) atoms. The topological polar surface area (TPSA) is 76.7 Å². The molecule has 160 valence electrons. The standard InChI is InChI=1S/C24H30N2O4/c1-4-17(2)25-22(27)18-5-9-20(10-6-18)26-23(28)24(13-15-30-16-14-24)19-7-11-21(29-3)12-8-19/h5-12,17H,4,13-16H2,1-3H3,(H,25,27)(H,26,28). The first-order valence-corrected chi connectivity index (χ1v) is 10.4. The maximum atomic E-state index is 13.4. The summed E-state index contributed by atoms with van der Waals surface area (Å²) in [6.07, 6.45) is 2.10. The summed E-state index contributed by atoms with van der Waals surface area (Å²) in [6.45, 7) is 5.07. The molecule has 2 aromatic rings. The number of benzene rings is 2. The Balaban J connectivity index is 1.76. The Morgan fingerprint density at radius 3 is 2.27 bits per heavy atom. The van der Waals surface area contributed by atoms with Crippen molar-refractivity contribution in [2.75, 3.05) is 25.6 Å². The summed E-state index contributed by atoms with van der Waals surface area (Å²) in [5.41, 5.74) is 1.54. The number of anilines is 1. The number of nitrogens with one attached hydrogen (secondary N) is 2. The molecule has 0 bridgehead atoms. The van der Waals surface area contributed by atoms with Gasteiger partial charge in [-0.2, -0.15) is 0 Å². The van der Waals surface area contributed by atoms with Gasteiger partial charge in [0.2, 0.25) is 5.91 Å². The smallest absolute Gasteiger partial charge is 0.251 e. The molecule has 1 unspecified atom stereocenters. The number of hydrogen-bond acceptors (Lipinski definition) is 4. The monoisotopic (exact) mass is 410 g/mol. The summed E-state index contributed by atoms with van der Waals surface area (Å²) < 4.78 is 10.8. The van der Waals surface area contributed by atoms with Gasteiger partial charge in [-0.15, -0.1) is 0 Å². The van der Waals surface area contributed by atoms with Crippen LogP contribution in [0.4, 0.5) is 5.69 Å². The van der Waals surface area contributed by atoms with E-state index in [0.29, 0.717) is 37.3 Å². The summed E-state index contributed by atoms with van der Waals surface area (Å²) >= 11 is 0. The van der Waals surface area contributed by atoms with Crippen molar-refractivity contribution in [2.45, 2.75) is 44.6 Å². The van der Waals surface area contributed by atoms with Crippen LogP contribution in [0.25, 0.3) is 0 Å². The molecule has 3 rings (SSSR count). The molecule has 0 saturated carbocycles. The van der Waals surface area contributed by atoms with Gasteiger partial charge in [0.1, 0.15) is 5.75 Å². The van der Waals surface area contributed by atoms with Gasteiger partial charge in [0, 0.05) is 30.5 Å². The molecule has 1 aliphatic rings. The number of carbonyl (C=O) groups excluding carboxylic acids is 2. The van der Waals surface area contributed by atoms with Crippen molar-refractivity contribution < 1.29 is 19.1 Å². The number of rotatable bonds is 7. The fourth-order valence-corrected chi connectivity index (χ4v) is 3.64. The summed E-state index contributed by atoms with van der Waals surface area (Å²) in [5.74, 6) is 0.585. The van der Waals surface area contributed by atoms with Crippen molar-refractivity contribution >= 4 is 17.5 Å². The van der Waals surface area contributed by atoms with Crippen LogP contribution >= 0.6 is 0 Å². The van der Waals surface area contributed by atoms with Crippen LogP contribution in [0, 0.1) is 0 Å². The van der Waals surface area contributed by atoms with E-state index in [9.17, 15) is 9.59 Å². The molecular formula is C24H30N2O4. The molecule has 1 atom stereocenters. The van der Waals surface area contributed by atoms with Crippen LogP contribution in [-0.2, 0) is 14.9 Å². The Morgan fingerprint density at radius 1 is 1.07 bits per heavy atom. The van der Waals surface area contributed by atoms with Gasteiger partial charge in [0.15, 0.2) is 0 Å². The zero-order valence-electron chi connectivity index (χ0n) is 17.9. The molecule has 1 saturated heterocycles. The highest BCUT2D eigenvalue weighted by Gasteiger charge is 2.41. The van der Waals surface area contributed by atoms with E-state index < -0.39 is 5.41 Å². The summed E-state index contributed by atoms with van der Waals surface area (Å²) in [5, 5.41) is 5.98. The summed E-state index contributed by atoms with van der Waals surface area (Å²) in [7, 11) is 1.62. The highest BCUT2D eigenvalue weighted by atomic mass is 16.5. The third-order valence-electron chi connectivity index (χ3n) is 5.82. The van der Waals surface area contributed by atoms with Crippen molar-refractivity contribution in [3.63, 3.8) is 0 Å². The Morgan fingerprint density at radius 2 is 1.70 bits per heavy atom. The average molecular weight is 411 g/mol. The Kier molecular flexibility index (Phi) is 7.11. The zero-order chi connectivity index (χ0) is 21.6. The minimum absolute atomic E-state index is 0.0622. The van der Waals surface area contributed by atoms with E-state index in [2.05, 4.69) is 10.6 Å². The Labute approximate surface area is 178 Å². The second-order valence-corrected chi connectivity index (χ2v) is 7.74. The molecule has 6 nitrogen and oxygen atoms in total. The number of hydrogen-bond donors (Lipinski definition) is 2. The average Bonchev–Trinajstić information content (AvgIpc) is 2.79. The SMILES string of the molecule is CCC(C)NC(=O)c1ccc(NC(=O)C2(c3ccc(OC)cc3)CCOCC2)cc1. The number of amides is 2. The van der Waals surface area contributed by atoms with Crippen molar-refractivity contribution in [3.8, 4) is 5.75 Å². The molecule has 1 aliphatic heterocycles. The van der Waals surface area contributed by atoms with Crippen molar-refractivity contribution in [1.29, 1.82) is 0 Å². The summed E-state index contributed by atoms with van der Waals surface area (Å²) in [4.78, 5) is 25.6. The van der Waals surface area contributed by atoms with Crippen LogP contribution in [0.15, 0.2) is 48.5 Å². The first-order chi connectivity index (χ1) is 14.5. The fourth-order valence-electron chi connectivity index (χ4n) is 3.64. The number of methoxy groups -OCH3 is 1. The van der Waals surface area contributed by atoms with Crippen LogP contribution in [0.5, 0.6) is 5.75 Å². The predicted octanol–water partition coefficient (Wildman–Crippen LogP) is 3.91. The van der Waals surface area contributed by atoms with E-state index in [0.717, 1.165) is 17.7 Å². The van der Waals surface area contributed by atoms with Crippen molar-refractivity contribution in [1.82, 2.24) is 5.32 Å². The third kappa shape index (κ3) is 4.82. The van der Waals surface area contributed by atoms with E-state index in [-0.39, 0.29) is 17.9 Å². The molecule has 6 heteroatoms. The maximum absolute atomic E-state index is 13.4. The lowest BCUT2D eigenvalue weighted by molar-refractivity contribution is -0.125. The minimum atomic E-state index is -0.656. The van der Waals surface area contributed by atoms with Crippen LogP contribution in [0.3, 0.4) is 0 Å². The molecule has 0 radical (unpaired) electrons. The van der Waals surface area contributed by atoms with Gasteiger partial charge < -0.3 is 20.1 Å². The second kappa shape index (κ2) is 9.76. The number of carbonyl (C=O) groups is 2. The summed E-state index contributed by atoms with van der Waals surface area (Å²) in [6, 6.07) is 14.8. The lowest BCUT2D eigenvalue weighted by atomic mass is 9.73. The van der Waals surface area contributed by atoms with Crippen LogP contribution in [0.1, 0.15) is 49.0 Å². The van der Waals surface area contributed by atoms with Gasteiger partial charge in [-0.3, -0.25) is 9.59 Å². The van der Waals surface area contributed by atoms with Gasteiger partial charge in [-0.05, 0) is 68.1 Å². The molecule has 0 aromatic heterocycles. The van der Waals surface area contributed by atoms with Gasteiger partial charge >= 0.3 is 0 Å². The minimum Gasteiger partial charge on any atom is -0.497 e. The molecule has 2 N–H and O–H groups in total. The van der Waals surface area contributed by atoms with E-state index >= 15 is 0 Å². The number of ether oxygens (including phenoxy) is 2. The van der Waals surface area contributed by atoms with Crippen LogP contribution < -0.4 is 15.4 Å². The molecule has 2 amide bonds. The molecular weight excluding hydrogens is 380 g/mol. The first kappa shape index (κ1) is 21.8. The second-order valence-electron chi connectivity index (χ2n) is 7.74. The largest absolute Gasteiger partial charge is 0.497 e. The lowest BCUT2D eigenvalue weighted by Gasteiger charge is -2.36.